The molecule has 0 unspecified atom stereocenters. The summed E-state index contributed by atoms with van der Waals surface area (Å²) >= 11 is 0. The van der Waals surface area contributed by atoms with E-state index in [-0.39, 0.29) is 28.4 Å². The zero-order valence-corrected chi connectivity index (χ0v) is 11.9. The zero-order valence-electron chi connectivity index (χ0n) is 10.3. The molecule has 1 heterocycles. The molecule has 1 aromatic carbocycles. The van der Waals surface area contributed by atoms with Crippen molar-refractivity contribution in [1.29, 1.82) is 0 Å². The number of nitrogens with one attached hydrogen (secondary N) is 1. The fourth-order valence-electron chi connectivity index (χ4n) is 1.95. The molecule has 7 nitrogen and oxygen atoms in total. The molecule has 9 heteroatoms. The lowest BCUT2D eigenvalue weighted by atomic mass is 10.2. The summed E-state index contributed by atoms with van der Waals surface area (Å²) in [5.41, 5.74) is -0.132. The van der Waals surface area contributed by atoms with E-state index < -0.39 is 31.9 Å². The number of sulfonamides is 1. The Bertz CT molecular complexity index is 721. The maximum Gasteiger partial charge on any atom is 0.240 e. The van der Waals surface area contributed by atoms with E-state index in [0.29, 0.717) is 0 Å². The van der Waals surface area contributed by atoms with E-state index >= 15 is 0 Å². The maximum absolute atomic E-state index is 12.0. The van der Waals surface area contributed by atoms with Crippen LogP contribution < -0.4 is 9.83 Å². The van der Waals surface area contributed by atoms with Crippen molar-refractivity contribution in [3.05, 3.63) is 29.8 Å². The van der Waals surface area contributed by atoms with Crippen LogP contribution in [0.4, 0.5) is 0 Å². The number of benzene rings is 1. The molecule has 0 saturated carbocycles. The summed E-state index contributed by atoms with van der Waals surface area (Å²) in [5.74, 6) is -1.66. The molecule has 0 aliphatic carbocycles. The summed E-state index contributed by atoms with van der Waals surface area (Å²) in [7, 11) is -7.05. The number of carbonyl (C=O) groups excluding carboxylic acids is 1. The second-order valence-corrected chi connectivity index (χ2v) is 8.48. The number of aromatic carboxylic acids is 1. The molecule has 0 amide bonds. The van der Waals surface area contributed by atoms with Gasteiger partial charge in [-0.1, -0.05) is 12.1 Å². The minimum atomic E-state index is -3.86. The smallest absolute Gasteiger partial charge is 0.240 e. The molecule has 1 aliphatic heterocycles. The Labute approximate surface area is 116 Å². The van der Waals surface area contributed by atoms with E-state index in [1.54, 1.807) is 0 Å². The molecule has 110 valence electrons. The highest BCUT2D eigenvalue weighted by molar-refractivity contribution is 7.92. The summed E-state index contributed by atoms with van der Waals surface area (Å²) in [4.78, 5) is 10.5. The van der Waals surface area contributed by atoms with Crippen LogP contribution in [0.15, 0.2) is 29.2 Å². The van der Waals surface area contributed by atoms with Gasteiger partial charge in [-0.25, -0.2) is 21.6 Å². The van der Waals surface area contributed by atoms with Gasteiger partial charge in [0.05, 0.1) is 22.4 Å². The van der Waals surface area contributed by atoms with Gasteiger partial charge in [-0.05, 0) is 24.1 Å². The van der Waals surface area contributed by atoms with Crippen LogP contribution in [0.1, 0.15) is 16.8 Å². The van der Waals surface area contributed by atoms with Crippen LogP contribution in [-0.2, 0) is 19.9 Å². The summed E-state index contributed by atoms with van der Waals surface area (Å²) in [6.45, 7) is 0. The molecule has 1 N–H and O–H groups in total. The third-order valence-electron chi connectivity index (χ3n) is 2.95. The fraction of sp³-hybridized carbons (Fsp3) is 0.364. The normalized spacial score (nSPS) is 21.7. The molecule has 0 aromatic heterocycles. The molecule has 1 aromatic rings. The molecular weight excluding hydrogens is 306 g/mol. The van der Waals surface area contributed by atoms with Crippen LogP contribution in [0, 0.1) is 0 Å². The van der Waals surface area contributed by atoms with E-state index in [2.05, 4.69) is 4.72 Å². The number of hydrogen-bond acceptors (Lipinski definition) is 6. The van der Waals surface area contributed by atoms with Gasteiger partial charge in [-0.3, -0.25) is 0 Å². The van der Waals surface area contributed by atoms with Crippen molar-refractivity contribution in [3.8, 4) is 0 Å². The van der Waals surface area contributed by atoms with Crippen LogP contribution >= 0.6 is 0 Å². The first kappa shape index (κ1) is 14.9. The number of carbonyl (C=O) groups is 1. The Morgan fingerprint density at radius 2 is 1.85 bits per heavy atom. The lowest BCUT2D eigenvalue weighted by Gasteiger charge is -2.12. The SMILES string of the molecule is O=C([O-])c1ccc(S(=O)(=O)N[C@H]2CCS(=O)(=O)C2)cc1. The van der Waals surface area contributed by atoms with Crippen molar-refractivity contribution >= 4 is 25.8 Å². The van der Waals surface area contributed by atoms with E-state index in [0.717, 1.165) is 24.3 Å². The van der Waals surface area contributed by atoms with Crippen molar-refractivity contribution in [2.24, 2.45) is 0 Å². The number of carboxylic acid groups (broad SMARTS) is 1. The lowest BCUT2D eigenvalue weighted by Crippen LogP contribution is -2.35. The summed E-state index contributed by atoms with van der Waals surface area (Å²) in [6, 6.07) is 3.86. The molecule has 0 radical (unpaired) electrons. The maximum atomic E-state index is 12.0. The van der Waals surface area contributed by atoms with E-state index in [1.807, 2.05) is 0 Å². The van der Waals surface area contributed by atoms with Crippen LogP contribution in [0.2, 0.25) is 0 Å². The number of hydrogen-bond donors (Lipinski definition) is 1. The predicted octanol–water partition coefficient (Wildman–Crippen LogP) is -1.48. The highest BCUT2D eigenvalue weighted by Crippen LogP contribution is 2.16. The standard InChI is InChI=1S/C11H13NO6S2/c13-11(14)8-1-3-10(4-2-8)20(17,18)12-9-5-6-19(15,16)7-9/h1-4,9,12H,5-7H2,(H,13,14)/p-1/t9-/m0/s1. The fourth-order valence-corrected chi connectivity index (χ4v) is 4.99. The molecule has 0 bridgehead atoms. The average molecular weight is 318 g/mol. The number of sulfone groups is 1. The largest absolute Gasteiger partial charge is 0.545 e. The van der Waals surface area contributed by atoms with Gasteiger partial charge in [0, 0.05) is 6.04 Å². The first-order valence-electron chi connectivity index (χ1n) is 5.74. The van der Waals surface area contributed by atoms with Crippen molar-refractivity contribution in [2.45, 2.75) is 17.4 Å². The molecular formula is C11H12NO6S2-. The number of carboxylic acids is 1. The second-order valence-electron chi connectivity index (χ2n) is 4.53. The molecule has 2 rings (SSSR count). The average Bonchev–Trinajstić information content (AvgIpc) is 2.68. The molecule has 1 atom stereocenters. The minimum absolute atomic E-state index is 0.0379. The summed E-state index contributed by atoms with van der Waals surface area (Å²) < 4.78 is 48.9. The topological polar surface area (TPSA) is 120 Å². The van der Waals surface area contributed by atoms with Crippen molar-refractivity contribution in [2.75, 3.05) is 11.5 Å². The highest BCUT2D eigenvalue weighted by atomic mass is 32.2. The predicted molar refractivity (Wildman–Crippen MR) is 68.2 cm³/mol. The van der Waals surface area contributed by atoms with Gasteiger partial charge in [-0.15, -0.1) is 0 Å². The number of rotatable bonds is 4. The quantitative estimate of drug-likeness (QED) is 0.722. The third-order valence-corrected chi connectivity index (χ3v) is 6.26. The van der Waals surface area contributed by atoms with E-state index in [9.17, 15) is 26.7 Å². The van der Waals surface area contributed by atoms with Gasteiger partial charge >= 0.3 is 0 Å². The van der Waals surface area contributed by atoms with Crippen LogP contribution in [0.5, 0.6) is 0 Å². The molecule has 1 fully saturated rings. The molecule has 0 spiro atoms. The zero-order chi connectivity index (χ0) is 15.0. The second kappa shape index (κ2) is 5.15. The third kappa shape index (κ3) is 3.35. The van der Waals surface area contributed by atoms with Gasteiger partial charge < -0.3 is 9.90 Å². The summed E-state index contributed by atoms with van der Waals surface area (Å²) in [6.07, 6.45) is 0.235. The Morgan fingerprint density at radius 3 is 2.30 bits per heavy atom. The highest BCUT2D eigenvalue weighted by Gasteiger charge is 2.31. The van der Waals surface area contributed by atoms with Crippen molar-refractivity contribution < 1.29 is 26.7 Å². The van der Waals surface area contributed by atoms with E-state index in [4.69, 9.17) is 0 Å². The lowest BCUT2D eigenvalue weighted by molar-refractivity contribution is -0.255. The Kier molecular flexibility index (Phi) is 3.85. The van der Waals surface area contributed by atoms with Gasteiger partial charge in [0.25, 0.3) is 0 Å². The van der Waals surface area contributed by atoms with Gasteiger partial charge in [0.1, 0.15) is 0 Å². The van der Waals surface area contributed by atoms with Gasteiger partial charge in [0.2, 0.25) is 10.0 Å². The Hall–Kier alpha value is -1.45. The monoisotopic (exact) mass is 318 g/mol. The van der Waals surface area contributed by atoms with Gasteiger partial charge in [-0.2, -0.15) is 0 Å². The minimum Gasteiger partial charge on any atom is -0.545 e. The first-order chi connectivity index (χ1) is 9.20. The van der Waals surface area contributed by atoms with E-state index in [1.165, 1.54) is 0 Å². The van der Waals surface area contributed by atoms with Crippen LogP contribution in [0.3, 0.4) is 0 Å². The molecule has 1 saturated heterocycles. The molecule has 1 aliphatic rings. The van der Waals surface area contributed by atoms with Crippen LogP contribution in [0.25, 0.3) is 0 Å². The first-order valence-corrected chi connectivity index (χ1v) is 9.04. The Morgan fingerprint density at radius 1 is 1.25 bits per heavy atom. The van der Waals surface area contributed by atoms with Crippen molar-refractivity contribution in [3.63, 3.8) is 0 Å². The van der Waals surface area contributed by atoms with Crippen molar-refractivity contribution in [1.82, 2.24) is 4.72 Å². The van der Waals surface area contributed by atoms with Crippen LogP contribution in [-0.4, -0.2) is 40.4 Å². The summed E-state index contributed by atoms with van der Waals surface area (Å²) in [5, 5.41) is 10.6. The molecule has 20 heavy (non-hydrogen) atoms. The van der Waals surface area contributed by atoms with Gasteiger partial charge in [0.15, 0.2) is 9.84 Å². The Balaban J connectivity index is 2.16.